The van der Waals surface area contributed by atoms with E-state index in [2.05, 4.69) is 25.8 Å². The minimum atomic E-state index is -0.531. The number of hydrogen-bond donors (Lipinski definition) is 2. The second-order valence-electron chi connectivity index (χ2n) is 5.60. The van der Waals surface area contributed by atoms with Crippen molar-refractivity contribution >= 4 is 17.4 Å². The smallest absolute Gasteiger partial charge is 0.320 e. The summed E-state index contributed by atoms with van der Waals surface area (Å²) in [6.07, 6.45) is 4.92. The van der Waals surface area contributed by atoms with E-state index in [4.69, 9.17) is 4.52 Å². The van der Waals surface area contributed by atoms with E-state index in [0.29, 0.717) is 17.4 Å². The zero-order valence-electron chi connectivity index (χ0n) is 12.8. The summed E-state index contributed by atoms with van der Waals surface area (Å²) in [6.45, 7) is 1.75. The third kappa shape index (κ3) is 2.72. The van der Waals surface area contributed by atoms with Crippen LogP contribution in [0.4, 0.5) is 16.2 Å². The first-order valence-corrected chi connectivity index (χ1v) is 7.01. The molecule has 0 atom stereocenters. The quantitative estimate of drug-likeness (QED) is 0.891. The number of pyridine rings is 1. The molecule has 1 saturated carbocycles. The highest BCUT2D eigenvalue weighted by molar-refractivity contribution is 5.93. The molecule has 2 N–H and O–H groups in total. The lowest BCUT2D eigenvalue weighted by atomic mass is 10.2. The second-order valence-corrected chi connectivity index (χ2v) is 5.60. The molecule has 2 aromatic heterocycles. The molecule has 2 amide bonds. The summed E-state index contributed by atoms with van der Waals surface area (Å²) < 4.78 is 5.18. The van der Waals surface area contributed by atoms with Crippen LogP contribution in [0, 0.1) is 6.92 Å². The standard InChI is InChI=1S/C14H18N6O2/c1-9-16-12(22-19-9)14(5-6-14)18-13(21)17-10-4-7-15-8-11(10)20(2)3/h4,7-8H,5-6H2,1-3H3,(H2,15,17,18,21). The average Bonchev–Trinajstić information content (AvgIpc) is 3.11. The molecule has 0 saturated heterocycles. The fourth-order valence-corrected chi connectivity index (χ4v) is 2.23. The lowest BCUT2D eigenvalue weighted by Crippen LogP contribution is -2.38. The van der Waals surface area contributed by atoms with Crippen molar-refractivity contribution in [3.8, 4) is 0 Å². The van der Waals surface area contributed by atoms with Crippen LogP contribution in [0.5, 0.6) is 0 Å². The Morgan fingerprint density at radius 3 is 2.77 bits per heavy atom. The van der Waals surface area contributed by atoms with Crippen LogP contribution in [0.25, 0.3) is 0 Å². The Balaban J connectivity index is 1.71. The van der Waals surface area contributed by atoms with Crippen molar-refractivity contribution in [2.24, 2.45) is 0 Å². The topological polar surface area (TPSA) is 96.2 Å². The van der Waals surface area contributed by atoms with E-state index < -0.39 is 5.54 Å². The fraction of sp³-hybridized carbons (Fsp3) is 0.429. The van der Waals surface area contributed by atoms with Gasteiger partial charge in [-0.15, -0.1) is 0 Å². The van der Waals surface area contributed by atoms with Crippen LogP contribution in [-0.4, -0.2) is 35.3 Å². The number of aryl methyl sites for hydroxylation is 1. The summed E-state index contributed by atoms with van der Waals surface area (Å²) >= 11 is 0. The first-order valence-electron chi connectivity index (χ1n) is 7.01. The molecule has 0 radical (unpaired) electrons. The van der Waals surface area contributed by atoms with E-state index >= 15 is 0 Å². The van der Waals surface area contributed by atoms with Crippen molar-refractivity contribution in [2.75, 3.05) is 24.3 Å². The summed E-state index contributed by atoms with van der Waals surface area (Å²) in [5.74, 6) is 1.02. The maximum Gasteiger partial charge on any atom is 0.320 e. The molecule has 8 nitrogen and oxygen atoms in total. The van der Waals surface area contributed by atoms with Crippen LogP contribution < -0.4 is 15.5 Å². The molecule has 0 aliphatic heterocycles. The molecule has 1 aliphatic rings. The molecule has 1 aliphatic carbocycles. The summed E-state index contributed by atoms with van der Waals surface area (Å²) in [6, 6.07) is 1.45. The van der Waals surface area contributed by atoms with Gasteiger partial charge in [-0.1, -0.05) is 5.16 Å². The van der Waals surface area contributed by atoms with Gasteiger partial charge in [0.15, 0.2) is 5.82 Å². The van der Waals surface area contributed by atoms with E-state index in [1.165, 1.54) is 0 Å². The van der Waals surface area contributed by atoms with Crippen LogP contribution in [-0.2, 0) is 5.54 Å². The molecule has 0 bridgehead atoms. The maximum atomic E-state index is 12.3. The van der Waals surface area contributed by atoms with Crippen LogP contribution in [0.15, 0.2) is 23.0 Å². The third-order valence-corrected chi connectivity index (χ3v) is 3.57. The van der Waals surface area contributed by atoms with Gasteiger partial charge in [-0.3, -0.25) is 4.98 Å². The monoisotopic (exact) mass is 302 g/mol. The lowest BCUT2D eigenvalue weighted by Gasteiger charge is -2.19. The summed E-state index contributed by atoms with van der Waals surface area (Å²) in [5, 5.41) is 9.55. The Morgan fingerprint density at radius 1 is 1.41 bits per heavy atom. The maximum absolute atomic E-state index is 12.3. The van der Waals surface area contributed by atoms with Gasteiger partial charge >= 0.3 is 6.03 Å². The lowest BCUT2D eigenvalue weighted by molar-refractivity contribution is 0.241. The van der Waals surface area contributed by atoms with E-state index in [1.54, 1.807) is 25.4 Å². The van der Waals surface area contributed by atoms with Crippen molar-refractivity contribution in [3.05, 3.63) is 30.2 Å². The molecular formula is C14H18N6O2. The van der Waals surface area contributed by atoms with Gasteiger partial charge < -0.3 is 20.1 Å². The van der Waals surface area contributed by atoms with Crippen molar-refractivity contribution in [2.45, 2.75) is 25.3 Å². The van der Waals surface area contributed by atoms with Gasteiger partial charge in [-0.25, -0.2) is 4.79 Å². The van der Waals surface area contributed by atoms with E-state index in [-0.39, 0.29) is 6.03 Å². The number of carbonyl (C=O) groups excluding carboxylic acids is 1. The number of anilines is 2. The predicted molar refractivity (Wildman–Crippen MR) is 80.7 cm³/mol. The van der Waals surface area contributed by atoms with E-state index in [9.17, 15) is 4.79 Å². The Morgan fingerprint density at radius 2 is 2.18 bits per heavy atom. The number of urea groups is 1. The molecule has 0 spiro atoms. The largest absolute Gasteiger partial charge is 0.375 e. The highest BCUT2D eigenvalue weighted by atomic mass is 16.5. The van der Waals surface area contributed by atoms with Gasteiger partial charge in [0.2, 0.25) is 0 Å². The van der Waals surface area contributed by atoms with Crippen molar-refractivity contribution < 1.29 is 9.32 Å². The van der Waals surface area contributed by atoms with Gasteiger partial charge in [-0.05, 0) is 25.8 Å². The number of nitrogens with zero attached hydrogens (tertiary/aromatic N) is 4. The van der Waals surface area contributed by atoms with Crippen molar-refractivity contribution in [1.29, 1.82) is 0 Å². The molecule has 8 heteroatoms. The van der Waals surface area contributed by atoms with Gasteiger partial charge in [0, 0.05) is 20.3 Å². The Labute approximate surface area is 127 Å². The first kappa shape index (κ1) is 14.3. The molecular weight excluding hydrogens is 284 g/mol. The third-order valence-electron chi connectivity index (χ3n) is 3.57. The van der Waals surface area contributed by atoms with Crippen LogP contribution >= 0.6 is 0 Å². The minimum Gasteiger partial charge on any atom is -0.375 e. The normalized spacial score (nSPS) is 15.2. The highest BCUT2D eigenvalue weighted by Gasteiger charge is 2.50. The minimum absolute atomic E-state index is 0.303. The molecule has 0 aromatic carbocycles. The van der Waals surface area contributed by atoms with Gasteiger partial charge in [0.05, 0.1) is 17.6 Å². The van der Waals surface area contributed by atoms with Crippen LogP contribution in [0.2, 0.25) is 0 Å². The zero-order valence-corrected chi connectivity index (χ0v) is 12.8. The fourth-order valence-electron chi connectivity index (χ4n) is 2.23. The summed E-state index contributed by atoms with van der Waals surface area (Å²) in [4.78, 5) is 22.4. The Bertz CT molecular complexity index is 692. The number of rotatable bonds is 4. The number of aromatic nitrogens is 3. The van der Waals surface area contributed by atoms with Crippen molar-refractivity contribution in [3.63, 3.8) is 0 Å². The second kappa shape index (κ2) is 5.28. The predicted octanol–water partition coefficient (Wildman–Crippen LogP) is 1.65. The van der Waals surface area contributed by atoms with Crippen molar-refractivity contribution in [1.82, 2.24) is 20.4 Å². The van der Waals surface area contributed by atoms with Gasteiger partial charge in [0.25, 0.3) is 5.89 Å². The van der Waals surface area contributed by atoms with Crippen LogP contribution in [0.3, 0.4) is 0 Å². The molecule has 116 valence electrons. The number of amides is 2. The molecule has 2 heterocycles. The molecule has 1 fully saturated rings. The van der Waals surface area contributed by atoms with Crippen LogP contribution in [0.1, 0.15) is 24.6 Å². The average molecular weight is 302 g/mol. The van der Waals surface area contributed by atoms with E-state index in [1.807, 2.05) is 19.0 Å². The SMILES string of the molecule is Cc1noc(C2(NC(=O)Nc3ccncc3N(C)C)CC2)n1. The number of carbonyl (C=O) groups is 1. The first-order chi connectivity index (χ1) is 10.5. The summed E-state index contributed by atoms with van der Waals surface area (Å²) in [5.41, 5.74) is 0.988. The van der Waals surface area contributed by atoms with Gasteiger partial charge in [-0.2, -0.15) is 4.98 Å². The Kier molecular flexibility index (Phi) is 3.44. The Hall–Kier alpha value is -2.64. The number of hydrogen-bond acceptors (Lipinski definition) is 6. The summed E-state index contributed by atoms with van der Waals surface area (Å²) in [7, 11) is 3.79. The van der Waals surface area contributed by atoms with Gasteiger partial charge in [0.1, 0.15) is 5.54 Å². The number of nitrogens with one attached hydrogen (secondary N) is 2. The van der Waals surface area contributed by atoms with E-state index in [0.717, 1.165) is 18.5 Å². The molecule has 2 aromatic rings. The molecule has 0 unspecified atom stereocenters. The zero-order chi connectivity index (χ0) is 15.7. The molecule has 3 rings (SSSR count). The molecule has 22 heavy (non-hydrogen) atoms. The highest BCUT2D eigenvalue weighted by Crippen LogP contribution is 2.44.